The number of hydrogen-bond acceptors (Lipinski definition) is 11. The summed E-state index contributed by atoms with van der Waals surface area (Å²) in [6, 6.07) is 8.32. The van der Waals surface area contributed by atoms with Gasteiger partial charge in [0.25, 0.3) is 10.9 Å². The SMILES string of the molecule is COC(=O)c1cc(C(=O)O)nc2nc(O)cn12.Nc1c(Nc2cccc(CNCl)c2)c(=O)c1=O. The second-order valence-electron chi connectivity index (χ2n) is 6.68. The van der Waals surface area contributed by atoms with Crippen LogP contribution in [0.1, 0.15) is 26.5 Å². The van der Waals surface area contributed by atoms with Crippen LogP contribution >= 0.6 is 11.8 Å². The minimum atomic E-state index is -1.31. The summed E-state index contributed by atoms with van der Waals surface area (Å²) in [6.45, 7) is 0.498. The number of carboxylic acids is 1. The highest BCUT2D eigenvalue weighted by Gasteiger charge is 2.19. The molecule has 2 aromatic carbocycles. The molecule has 176 valence electrons. The fourth-order valence-corrected chi connectivity index (χ4v) is 2.99. The number of nitrogens with two attached hydrogens (primary N) is 1. The molecule has 4 aromatic rings. The van der Waals surface area contributed by atoms with Crippen molar-refractivity contribution in [1.82, 2.24) is 19.2 Å². The first-order chi connectivity index (χ1) is 16.2. The summed E-state index contributed by atoms with van der Waals surface area (Å²) < 4.78 is 5.64. The number of anilines is 3. The fraction of sp³-hybridized carbons (Fsp3) is 0.100. The molecule has 2 heterocycles. The average Bonchev–Trinajstić information content (AvgIpc) is 3.21. The number of nitrogens with one attached hydrogen (secondary N) is 2. The molecule has 0 radical (unpaired) electrons. The van der Waals surface area contributed by atoms with E-state index in [9.17, 15) is 24.3 Å². The van der Waals surface area contributed by atoms with Crippen LogP contribution in [-0.2, 0) is 11.3 Å². The number of aromatic carboxylic acids is 1. The monoisotopic (exact) mass is 488 g/mol. The second kappa shape index (κ2) is 9.97. The summed E-state index contributed by atoms with van der Waals surface area (Å²) >= 11 is 5.40. The molecule has 0 aliphatic heterocycles. The quantitative estimate of drug-likeness (QED) is 0.145. The Morgan fingerprint density at radius 1 is 1.21 bits per heavy atom. The van der Waals surface area contributed by atoms with E-state index in [4.69, 9.17) is 22.6 Å². The number of ether oxygens (including phenoxy) is 1. The maximum atomic E-state index is 11.4. The number of nitrogens with zero attached hydrogens (tertiary/aromatic N) is 3. The van der Waals surface area contributed by atoms with Gasteiger partial charge in [0.05, 0.1) is 13.3 Å². The molecule has 0 aliphatic rings. The van der Waals surface area contributed by atoms with Crippen molar-refractivity contribution < 1.29 is 24.5 Å². The van der Waals surface area contributed by atoms with Gasteiger partial charge in [0, 0.05) is 18.3 Å². The molecule has 4 rings (SSSR count). The molecule has 0 unspecified atom stereocenters. The van der Waals surface area contributed by atoms with E-state index in [-0.39, 0.29) is 34.4 Å². The van der Waals surface area contributed by atoms with E-state index in [1.54, 1.807) is 6.07 Å². The number of benzene rings is 1. The number of carbonyl (C=O) groups is 2. The van der Waals surface area contributed by atoms with Crippen LogP contribution in [0.2, 0.25) is 0 Å². The van der Waals surface area contributed by atoms with E-state index in [0.29, 0.717) is 12.2 Å². The van der Waals surface area contributed by atoms with Crippen LogP contribution in [0.4, 0.5) is 17.1 Å². The lowest BCUT2D eigenvalue weighted by atomic mass is 10.1. The number of carboxylic acid groups (broad SMARTS) is 1. The lowest BCUT2D eigenvalue weighted by Crippen LogP contribution is -2.36. The van der Waals surface area contributed by atoms with Gasteiger partial charge in [0.2, 0.25) is 11.7 Å². The van der Waals surface area contributed by atoms with E-state index in [1.807, 2.05) is 18.2 Å². The molecule has 14 heteroatoms. The zero-order valence-electron chi connectivity index (χ0n) is 17.4. The minimum Gasteiger partial charge on any atom is -0.492 e. The van der Waals surface area contributed by atoms with E-state index in [1.165, 1.54) is 0 Å². The van der Waals surface area contributed by atoms with Gasteiger partial charge in [-0.05, 0) is 29.5 Å². The number of methoxy groups -OCH3 is 1. The smallest absolute Gasteiger partial charge is 0.355 e. The third kappa shape index (κ3) is 4.95. The van der Waals surface area contributed by atoms with Crippen molar-refractivity contribution in [3.8, 4) is 5.88 Å². The summed E-state index contributed by atoms with van der Waals surface area (Å²) in [5, 5.41) is 20.8. The molecule has 0 saturated heterocycles. The van der Waals surface area contributed by atoms with E-state index in [2.05, 4.69) is 24.9 Å². The van der Waals surface area contributed by atoms with Crippen LogP contribution in [0.3, 0.4) is 0 Å². The molecule has 0 bridgehead atoms. The van der Waals surface area contributed by atoms with Crippen LogP contribution in [0.25, 0.3) is 5.78 Å². The number of esters is 1. The Labute approximate surface area is 195 Å². The highest BCUT2D eigenvalue weighted by Crippen LogP contribution is 2.19. The average molecular weight is 489 g/mol. The number of halogens is 1. The van der Waals surface area contributed by atoms with Gasteiger partial charge >= 0.3 is 11.9 Å². The maximum Gasteiger partial charge on any atom is 0.355 e. The predicted octanol–water partition coefficient (Wildman–Crippen LogP) is 0.771. The van der Waals surface area contributed by atoms with Crippen molar-refractivity contribution in [3.63, 3.8) is 0 Å². The third-order valence-electron chi connectivity index (χ3n) is 4.46. The number of aromatic nitrogens is 3. The van der Waals surface area contributed by atoms with Gasteiger partial charge in [-0.1, -0.05) is 12.1 Å². The van der Waals surface area contributed by atoms with Crippen molar-refractivity contribution in [3.05, 3.63) is 73.9 Å². The fourth-order valence-electron chi connectivity index (χ4n) is 2.84. The van der Waals surface area contributed by atoms with Gasteiger partial charge in [-0.15, -0.1) is 0 Å². The summed E-state index contributed by atoms with van der Waals surface area (Å²) in [4.78, 5) is 54.1. The molecule has 34 heavy (non-hydrogen) atoms. The topological polar surface area (TPSA) is 198 Å². The first-order valence-electron chi connectivity index (χ1n) is 9.35. The van der Waals surface area contributed by atoms with Gasteiger partial charge < -0.3 is 26.0 Å². The van der Waals surface area contributed by atoms with Crippen molar-refractivity contribution in [2.75, 3.05) is 18.2 Å². The third-order valence-corrected chi connectivity index (χ3v) is 4.59. The van der Waals surface area contributed by atoms with Gasteiger partial charge in [-0.3, -0.25) is 14.0 Å². The first-order valence-corrected chi connectivity index (χ1v) is 9.73. The Kier molecular flexibility index (Phi) is 7.09. The molecule has 0 aliphatic carbocycles. The highest BCUT2D eigenvalue weighted by molar-refractivity contribution is 6.13. The van der Waals surface area contributed by atoms with Gasteiger partial charge in [-0.2, -0.15) is 4.98 Å². The van der Waals surface area contributed by atoms with Crippen molar-refractivity contribution in [2.24, 2.45) is 0 Å². The molecule has 13 nitrogen and oxygen atoms in total. The Balaban J connectivity index is 0.000000191. The molecule has 0 fully saturated rings. The number of imidazole rings is 1. The standard InChI is InChI=1S/C11H10ClN3O2.C9H7N3O5/c12-14-5-6-2-1-3-7(4-6)15-9-8(13)10(16)11(9)17;1-17-8(16)5-2-4(7(14)15)10-9-11-6(13)3-12(5)9/h1-4,14-15H,5,13H2;2-3,13H,1H3,(H,14,15). The Hall–Kier alpha value is -4.49. The zero-order chi connectivity index (χ0) is 25.0. The van der Waals surface area contributed by atoms with Crippen molar-refractivity contribution >= 4 is 46.6 Å². The lowest BCUT2D eigenvalue weighted by molar-refractivity contribution is 0.0592. The van der Waals surface area contributed by atoms with Crippen LogP contribution < -0.4 is 26.7 Å². The Morgan fingerprint density at radius 2 is 1.94 bits per heavy atom. The second-order valence-corrected chi connectivity index (χ2v) is 6.94. The number of hydrogen-bond donors (Lipinski definition) is 5. The van der Waals surface area contributed by atoms with Crippen LogP contribution in [-0.4, -0.2) is 43.6 Å². The summed E-state index contributed by atoms with van der Waals surface area (Å²) in [7, 11) is 1.16. The number of aromatic hydroxyl groups is 1. The van der Waals surface area contributed by atoms with Gasteiger partial charge in [-0.25, -0.2) is 19.4 Å². The van der Waals surface area contributed by atoms with E-state index < -0.39 is 22.8 Å². The Bertz CT molecular complexity index is 1460. The van der Waals surface area contributed by atoms with Crippen LogP contribution in [0, 0.1) is 0 Å². The lowest BCUT2D eigenvalue weighted by Gasteiger charge is -2.10. The number of fused-ring (bicyclic) bond motifs is 1. The summed E-state index contributed by atoms with van der Waals surface area (Å²) in [6.07, 6.45) is 1.14. The summed E-state index contributed by atoms with van der Waals surface area (Å²) in [5.41, 5.74) is 5.54. The largest absolute Gasteiger partial charge is 0.492 e. The number of nitrogen functional groups attached to an aromatic ring is 1. The molecule has 6 N–H and O–H groups in total. The molecule has 0 spiro atoms. The highest BCUT2D eigenvalue weighted by atomic mass is 35.5. The Morgan fingerprint density at radius 3 is 2.56 bits per heavy atom. The zero-order valence-corrected chi connectivity index (χ0v) is 18.2. The minimum absolute atomic E-state index is 0.0177. The molecule has 2 aromatic heterocycles. The van der Waals surface area contributed by atoms with Gasteiger partial charge in [0.15, 0.2) is 5.69 Å². The van der Waals surface area contributed by atoms with Crippen molar-refractivity contribution in [1.29, 1.82) is 0 Å². The number of carbonyl (C=O) groups excluding carboxylic acids is 1. The normalized spacial score (nSPS) is 10.5. The van der Waals surface area contributed by atoms with Gasteiger partial charge in [0.1, 0.15) is 17.1 Å². The molecule has 0 atom stereocenters. The first kappa shape index (κ1) is 24.2. The van der Waals surface area contributed by atoms with Crippen LogP contribution in [0.5, 0.6) is 5.88 Å². The maximum absolute atomic E-state index is 11.4. The predicted molar refractivity (Wildman–Crippen MR) is 121 cm³/mol. The van der Waals surface area contributed by atoms with Crippen molar-refractivity contribution in [2.45, 2.75) is 6.54 Å². The number of rotatable bonds is 6. The van der Waals surface area contributed by atoms with E-state index >= 15 is 0 Å². The molecule has 0 saturated carbocycles. The summed E-state index contributed by atoms with van der Waals surface area (Å²) in [5.74, 6) is -2.52. The molecular formula is C20H17ClN6O7. The molecular weight excluding hydrogens is 472 g/mol. The molecule has 0 amide bonds. The van der Waals surface area contributed by atoms with Crippen LogP contribution in [0.15, 0.2) is 46.1 Å². The van der Waals surface area contributed by atoms with E-state index in [0.717, 1.165) is 29.3 Å².